The van der Waals surface area contributed by atoms with Crippen LogP contribution < -0.4 is 10.2 Å². The summed E-state index contributed by atoms with van der Waals surface area (Å²) in [7, 11) is 2.21. The second-order valence-corrected chi connectivity index (χ2v) is 9.46. The summed E-state index contributed by atoms with van der Waals surface area (Å²) in [6.07, 6.45) is 10.9. The molecule has 1 N–H and O–H groups in total. The third-order valence-corrected chi connectivity index (χ3v) is 7.42. The molecule has 4 saturated carbocycles. The highest BCUT2D eigenvalue weighted by Crippen LogP contribution is 2.59. The van der Waals surface area contributed by atoms with Crippen LogP contribution in [0.4, 0.5) is 11.5 Å². The van der Waals surface area contributed by atoms with E-state index in [0.29, 0.717) is 5.41 Å². The molecule has 1 aromatic rings. The van der Waals surface area contributed by atoms with Gasteiger partial charge >= 0.3 is 0 Å². The number of nitrogens with one attached hydrogen (secondary N) is 1. The summed E-state index contributed by atoms with van der Waals surface area (Å²) in [6.45, 7) is 5.68. The maximum atomic E-state index is 4.62. The highest BCUT2D eigenvalue weighted by Gasteiger charge is 2.50. The molecule has 1 aromatic heterocycles. The van der Waals surface area contributed by atoms with Gasteiger partial charge in [-0.15, -0.1) is 0 Å². The summed E-state index contributed by atoms with van der Waals surface area (Å²) < 4.78 is 0. The monoisotopic (exact) mass is 340 g/mol. The molecule has 0 spiro atoms. The minimum atomic E-state index is 0.570. The van der Waals surface area contributed by atoms with Crippen molar-refractivity contribution >= 4 is 11.5 Å². The van der Waals surface area contributed by atoms with E-state index in [0.717, 1.165) is 56.3 Å². The molecular weight excluding hydrogens is 308 g/mol. The van der Waals surface area contributed by atoms with Gasteiger partial charge in [0, 0.05) is 50.7 Å². The van der Waals surface area contributed by atoms with Crippen molar-refractivity contribution in [3.8, 4) is 0 Å². The highest BCUT2D eigenvalue weighted by molar-refractivity contribution is 5.54. The van der Waals surface area contributed by atoms with Gasteiger partial charge < -0.3 is 15.1 Å². The smallest absolute Gasteiger partial charge is 0.127 e. The minimum Gasteiger partial charge on any atom is -0.369 e. The van der Waals surface area contributed by atoms with E-state index in [-0.39, 0.29) is 0 Å². The van der Waals surface area contributed by atoms with Crippen LogP contribution in [0.3, 0.4) is 0 Å². The van der Waals surface area contributed by atoms with Gasteiger partial charge in [0.2, 0.25) is 0 Å². The number of anilines is 2. The molecule has 25 heavy (non-hydrogen) atoms. The number of piperazine rings is 1. The van der Waals surface area contributed by atoms with Gasteiger partial charge in [0.15, 0.2) is 0 Å². The van der Waals surface area contributed by atoms with Gasteiger partial charge in [-0.25, -0.2) is 4.98 Å². The summed E-state index contributed by atoms with van der Waals surface area (Å²) in [5.41, 5.74) is 1.90. The van der Waals surface area contributed by atoms with Crippen molar-refractivity contribution in [2.45, 2.75) is 38.5 Å². The fraction of sp³-hybridized carbons (Fsp3) is 0.762. The Morgan fingerprint density at radius 3 is 2.32 bits per heavy atom. The van der Waals surface area contributed by atoms with Crippen molar-refractivity contribution in [1.29, 1.82) is 0 Å². The van der Waals surface area contributed by atoms with Crippen molar-refractivity contribution in [1.82, 2.24) is 9.88 Å². The predicted octanol–water partition coefficient (Wildman–Crippen LogP) is 3.46. The average Bonchev–Trinajstić information content (AvgIpc) is 2.60. The van der Waals surface area contributed by atoms with Crippen LogP contribution in [0.15, 0.2) is 18.3 Å². The molecular formula is C21H32N4. The normalized spacial score (nSPS) is 37.5. The Morgan fingerprint density at radius 1 is 1.04 bits per heavy atom. The van der Waals surface area contributed by atoms with Crippen LogP contribution in [-0.4, -0.2) is 49.7 Å². The van der Waals surface area contributed by atoms with E-state index in [1.165, 1.54) is 44.2 Å². The number of nitrogens with zero attached hydrogens (tertiary/aromatic N) is 3. The van der Waals surface area contributed by atoms with E-state index in [2.05, 4.69) is 39.3 Å². The van der Waals surface area contributed by atoms with Crippen LogP contribution in [-0.2, 0) is 0 Å². The van der Waals surface area contributed by atoms with Crippen LogP contribution in [0.1, 0.15) is 38.5 Å². The average molecular weight is 341 g/mol. The van der Waals surface area contributed by atoms with E-state index >= 15 is 0 Å². The Kier molecular flexibility index (Phi) is 3.92. The maximum absolute atomic E-state index is 4.62. The zero-order valence-corrected chi connectivity index (χ0v) is 15.6. The topological polar surface area (TPSA) is 31.4 Å². The fourth-order valence-electron chi connectivity index (χ4n) is 6.56. The van der Waals surface area contributed by atoms with Gasteiger partial charge in [-0.05, 0) is 74.8 Å². The van der Waals surface area contributed by atoms with Gasteiger partial charge in [-0.2, -0.15) is 0 Å². The molecule has 2 heterocycles. The number of hydrogen-bond acceptors (Lipinski definition) is 4. The predicted molar refractivity (Wildman–Crippen MR) is 103 cm³/mol. The molecule has 5 fully saturated rings. The van der Waals surface area contributed by atoms with E-state index in [9.17, 15) is 0 Å². The molecule has 5 aliphatic rings. The Morgan fingerprint density at radius 2 is 1.68 bits per heavy atom. The summed E-state index contributed by atoms with van der Waals surface area (Å²) >= 11 is 0. The highest BCUT2D eigenvalue weighted by atomic mass is 15.2. The Bertz CT molecular complexity index is 585. The van der Waals surface area contributed by atoms with Gasteiger partial charge in [0.1, 0.15) is 5.82 Å². The Labute approximate surface area is 152 Å². The standard InChI is InChI=1S/C21H32N4/c1-24-4-6-25(7-5-24)19-2-3-22-20(11-19)23-15-21-12-16-8-17(13-21)10-18(9-16)14-21/h2-3,11,16-18H,4-10,12-15H2,1H3,(H,22,23). The van der Waals surface area contributed by atoms with Crippen molar-refractivity contribution in [3.63, 3.8) is 0 Å². The summed E-state index contributed by atoms with van der Waals surface area (Å²) in [5, 5.41) is 3.74. The molecule has 1 aliphatic heterocycles. The van der Waals surface area contributed by atoms with E-state index < -0.39 is 0 Å². The summed E-state index contributed by atoms with van der Waals surface area (Å²) in [6, 6.07) is 4.44. The van der Waals surface area contributed by atoms with Crippen LogP contribution in [0, 0.1) is 23.2 Å². The SMILES string of the molecule is CN1CCN(c2ccnc(NCC34CC5CC(CC(C5)C3)C4)c2)CC1. The van der Waals surface area contributed by atoms with Gasteiger partial charge in [-0.3, -0.25) is 0 Å². The number of likely N-dealkylation sites (N-methyl/N-ethyl adjacent to an activating group) is 1. The first kappa shape index (κ1) is 15.9. The van der Waals surface area contributed by atoms with Crippen molar-refractivity contribution in [2.75, 3.05) is 50.0 Å². The molecule has 0 aromatic carbocycles. The van der Waals surface area contributed by atoms with Crippen molar-refractivity contribution < 1.29 is 0 Å². The molecule has 0 unspecified atom stereocenters. The second-order valence-electron chi connectivity index (χ2n) is 9.46. The summed E-state index contributed by atoms with van der Waals surface area (Å²) in [5.74, 6) is 4.15. The molecule has 4 bridgehead atoms. The first-order valence-corrected chi connectivity index (χ1v) is 10.3. The van der Waals surface area contributed by atoms with E-state index in [4.69, 9.17) is 0 Å². The lowest BCUT2D eigenvalue weighted by Gasteiger charge is -2.57. The third kappa shape index (κ3) is 3.14. The molecule has 6 rings (SSSR count). The first-order chi connectivity index (χ1) is 12.2. The fourth-order valence-corrected chi connectivity index (χ4v) is 6.56. The van der Waals surface area contributed by atoms with E-state index in [1.54, 1.807) is 0 Å². The largest absolute Gasteiger partial charge is 0.369 e. The molecule has 4 nitrogen and oxygen atoms in total. The van der Waals surface area contributed by atoms with Crippen LogP contribution in [0.25, 0.3) is 0 Å². The zero-order chi connectivity index (χ0) is 16.9. The summed E-state index contributed by atoms with van der Waals surface area (Å²) in [4.78, 5) is 9.52. The quantitative estimate of drug-likeness (QED) is 0.909. The molecule has 0 radical (unpaired) electrons. The van der Waals surface area contributed by atoms with Crippen LogP contribution in [0.5, 0.6) is 0 Å². The second kappa shape index (κ2) is 6.15. The van der Waals surface area contributed by atoms with Gasteiger partial charge in [0.05, 0.1) is 0 Å². The van der Waals surface area contributed by atoms with Gasteiger partial charge in [-0.1, -0.05) is 0 Å². The lowest BCUT2D eigenvalue weighted by atomic mass is 9.49. The molecule has 1 saturated heterocycles. The van der Waals surface area contributed by atoms with Crippen LogP contribution >= 0.6 is 0 Å². The maximum Gasteiger partial charge on any atom is 0.127 e. The Balaban J connectivity index is 1.25. The van der Waals surface area contributed by atoms with Crippen molar-refractivity contribution in [2.24, 2.45) is 23.2 Å². The first-order valence-electron chi connectivity index (χ1n) is 10.3. The molecule has 136 valence electrons. The molecule has 4 aliphatic carbocycles. The minimum absolute atomic E-state index is 0.570. The Hall–Kier alpha value is -1.29. The number of aromatic nitrogens is 1. The number of rotatable bonds is 4. The number of hydrogen-bond donors (Lipinski definition) is 1. The molecule has 0 amide bonds. The van der Waals surface area contributed by atoms with Crippen LogP contribution in [0.2, 0.25) is 0 Å². The lowest BCUT2D eigenvalue weighted by molar-refractivity contribution is -0.0444. The van der Waals surface area contributed by atoms with Crippen molar-refractivity contribution in [3.05, 3.63) is 18.3 Å². The van der Waals surface area contributed by atoms with E-state index in [1.807, 2.05) is 6.20 Å². The molecule has 0 atom stereocenters. The van der Waals surface area contributed by atoms with Gasteiger partial charge in [0.25, 0.3) is 0 Å². The third-order valence-electron chi connectivity index (χ3n) is 7.42. The number of pyridine rings is 1. The zero-order valence-electron chi connectivity index (χ0n) is 15.6. The molecule has 4 heteroatoms. The lowest BCUT2D eigenvalue weighted by Crippen LogP contribution is -2.49.